The van der Waals surface area contributed by atoms with E-state index in [0.717, 1.165) is 17.7 Å². The quantitative estimate of drug-likeness (QED) is 0.691. The first-order valence-electron chi connectivity index (χ1n) is 9.08. The lowest BCUT2D eigenvalue weighted by Gasteiger charge is -2.34. The first-order valence-corrected chi connectivity index (χ1v) is 11.8. The lowest BCUT2D eigenvalue weighted by atomic mass is 10.1. The van der Waals surface area contributed by atoms with E-state index >= 15 is 0 Å². The average Bonchev–Trinajstić information content (AvgIpc) is 3.18. The maximum Gasteiger partial charge on any atom is 0.235 e. The lowest BCUT2D eigenvalue weighted by Crippen LogP contribution is -2.47. The van der Waals surface area contributed by atoms with E-state index in [-0.39, 0.29) is 16.4 Å². The van der Waals surface area contributed by atoms with Gasteiger partial charge in [0.05, 0.1) is 10.5 Å². The molecule has 5 nitrogen and oxygen atoms in total. The van der Waals surface area contributed by atoms with Crippen LogP contribution >= 0.6 is 23.4 Å². The highest BCUT2D eigenvalue weighted by molar-refractivity contribution is 8.00. The van der Waals surface area contributed by atoms with Crippen LogP contribution in [0.25, 0.3) is 0 Å². The number of amides is 1. The number of carbonyl (C=O) groups excluding carboxylic acids is 1. The Morgan fingerprint density at radius 2 is 1.69 bits per heavy atom. The zero-order valence-electron chi connectivity index (χ0n) is 14.9. The number of piperidine rings is 1. The molecule has 0 aliphatic carbocycles. The summed E-state index contributed by atoms with van der Waals surface area (Å²) in [4.78, 5) is 15.5. The number of thioether (sulfide) groups is 1. The van der Waals surface area contributed by atoms with Crippen LogP contribution in [0, 0.1) is 0 Å². The number of rotatable bonds is 5. The second-order valence-electron chi connectivity index (χ2n) is 6.89. The van der Waals surface area contributed by atoms with Crippen LogP contribution < -0.4 is 0 Å². The fraction of sp³-hybridized carbons (Fsp3) is 0.611. The molecule has 0 radical (unpaired) electrons. The number of nitrogens with zero attached hydrogens (tertiary/aromatic N) is 2. The Labute approximate surface area is 165 Å². The van der Waals surface area contributed by atoms with Gasteiger partial charge in [-0.2, -0.15) is 0 Å². The van der Waals surface area contributed by atoms with Gasteiger partial charge in [0, 0.05) is 36.1 Å². The minimum atomic E-state index is -3.21. The molecule has 8 heteroatoms. The molecule has 1 atom stereocenters. The third kappa shape index (κ3) is 4.55. The van der Waals surface area contributed by atoms with Crippen molar-refractivity contribution in [3.63, 3.8) is 0 Å². The molecule has 0 saturated carbocycles. The molecule has 2 saturated heterocycles. The Morgan fingerprint density at radius 1 is 1.12 bits per heavy atom. The van der Waals surface area contributed by atoms with Crippen molar-refractivity contribution in [1.82, 2.24) is 9.21 Å². The van der Waals surface area contributed by atoms with Crippen LogP contribution in [-0.4, -0.2) is 60.2 Å². The molecule has 1 amide bonds. The molecule has 144 valence electrons. The van der Waals surface area contributed by atoms with Crippen molar-refractivity contribution in [2.75, 3.05) is 26.2 Å². The molecule has 0 unspecified atom stereocenters. The number of hydrogen-bond donors (Lipinski definition) is 0. The number of carbonyl (C=O) groups is 1. The molecule has 0 N–H and O–H groups in total. The summed E-state index contributed by atoms with van der Waals surface area (Å²) in [7, 11) is -3.21. The standard InChI is InChI=1S/C18H25ClN2O3S2/c1-14(25-16-6-4-15(19)5-7-16)18(22)20-12-8-17(9-13-20)26(23,24)21-10-2-3-11-21/h4-7,14,17H,2-3,8-13H2,1H3/t14-/m1/s1. The molecule has 2 heterocycles. The van der Waals surface area contributed by atoms with Crippen molar-refractivity contribution in [3.8, 4) is 0 Å². The maximum atomic E-state index is 12.7. The Hall–Kier alpha value is -0.760. The van der Waals surface area contributed by atoms with Gasteiger partial charge < -0.3 is 4.90 Å². The molecule has 2 aliphatic rings. The Morgan fingerprint density at radius 3 is 2.27 bits per heavy atom. The molecular formula is C18H25ClN2O3S2. The number of benzene rings is 1. The smallest absolute Gasteiger partial charge is 0.235 e. The van der Waals surface area contributed by atoms with Crippen molar-refractivity contribution in [2.24, 2.45) is 0 Å². The molecule has 2 aliphatic heterocycles. The van der Waals surface area contributed by atoms with Crippen molar-refractivity contribution >= 4 is 39.3 Å². The van der Waals surface area contributed by atoms with Crippen LogP contribution in [0.4, 0.5) is 0 Å². The molecule has 3 rings (SSSR count). The van der Waals surface area contributed by atoms with E-state index in [1.807, 2.05) is 36.1 Å². The third-order valence-corrected chi connectivity index (χ3v) is 8.82. The van der Waals surface area contributed by atoms with Gasteiger partial charge in [-0.25, -0.2) is 12.7 Å². The summed E-state index contributed by atoms with van der Waals surface area (Å²) in [5.74, 6) is 0.0713. The predicted molar refractivity (Wildman–Crippen MR) is 106 cm³/mol. The van der Waals surface area contributed by atoms with E-state index in [2.05, 4.69) is 0 Å². The van der Waals surface area contributed by atoms with Gasteiger partial charge in [0.2, 0.25) is 15.9 Å². The van der Waals surface area contributed by atoms with Gasteiger partial charge in [0.25, 0.3) is 0 Å². The minimum Gasteiger partial charge on any atom is -0.342 e. The summed E-state index contributed by atoms with van der Waals surface area (Å²) in [5, 5.41) is 0.126. The highest BCUT2D eigenvalue weighted by Gasteiger charge is 2.37. The average molecular weight is 417 g/mol. The minimum absolute atomic E-state index is 0.0713. The van der Waals surface area contributed by atoms with Gasteiger partial charge in [-0.05, 0) is 56.9 Å². The summed E-state index contributed by atoms with van der Waals surface area (Å²) >= 11 is 7.40. The lowest BCUT2D eigenvalue weighted by molar-refractivity contribution is -0.131. The van der Waals surface area contributed by atoms with Crippen molar-refractivity contribution in [2.45, 2.75) is 48.0 Å². The Bertz CT molecular complexity index is 725. The number of sulfonamides is 1. The fourth-order valence-electron chi connectivity index (χ4n) is 3.55. The van der Waals surface area contributed by atoms with Crippen molar-refractivity contribution in [3.05, 3.63) is 29.3 Å². The van der Waals surface area contributed by atoms with Gasteiger partial charge in [-0.1, -0.05) is 11.6 Å². The van der Waals surface area contributed by atoms with Gasteiger partial charge in [0.15, 0.2) is 0 Å². The van der Waals surface area contributed by atoms with E-state index in [1.54, 1.807) is 4.31 Å². The van der Waals surface area contributed by atoms with E-state index in [1.165, 1.54) is 11.8 Å². The maximum absolute atomic E-state index is 12.7. The fourth-order valence-corrected chi connectivity index (χ4v) is 6.62. The monoisotopic (exact) mass is 416 g/mol. The van der Waals surface area contributed by atoms with E-state index in [0.29, 0.717) is 44.0 Å². The summed E-state index contributed by atoms with van der Waals surface area (Å²) in [5.41, 5.74) is 0. The zero-order chi connectivity index (χ0) is 18.7. The SMILES string of the molecule is C[C@@H](Sc1ccc(Cl)cc1)C(=O)N1CCC(S(=O)(=O)N2CCCC2)CC1. The van der Waals surface area contributed by atoms with E-state index in [9.17, 15) is 13.2 Å². The second kappa shape index (κ2) is 8.50. The first-order chi connectivity index (χ1) is 12.4. The summed E-state index contributed by atoms with van der Waals surface area (Å²) in [6.45, 7) is 4.23. The van der Waals surface area contributed by atoms with Crippen LogP contribution in [0.15, 0.2) is 29.2 Å². The molecule has 0 spiro atoms. The summed E-state index contributed by atoms with van der Waals surface area (Å²) < 4.78 is 27.0. The Kier molecular flexibility index (Phi) is 6.54. The largest absolute Gasteiger partial charge is 0.342 e. The molecule has 1 aromatic carbocycles. The molecule has 0 aromatic heterocycles. The third-order valence-electron chi connectivity index (χ3n) is 5.07. The van der Waals surface area contributed by atoms with Gasteiger partial charge in [-0.15, -0.1) is 11.8 Å². The summed E-state index contributed by atoms with van der Waals surface area (Å²) in [6.07, 6.45) is 2.97. The normalized spacial score (nSPS) is 21.1. The van der Waals surface area contributed by atoms with Gasteiger partial charge >= 0.3 is 0 Å². The van der Waals surface area contributed by atoms with Crippen LogP contribution in [0.1, 0.15) is 32.6 Å². The van der Waals surface area contributed by atoms with Crippen LogP contribution in [0.2, 0.25) is 5.02 Å². The number of halogens is 1. The highest BCUT2D eigenvalue weighted by atomic mass is 35.5. The molecular weight excluding hydrogens is 392 g/mol. The molecule has 0 bridgehead atoms. The van der Waals surface area contributed by atoms with Crippen molar-refractivity contribution in [1.29, 1.82) is 0 Å². The summed E-state index contributed by atoms with van der Waals surface area (Å²) in [6, 6.07) is 7.45. The number of hydrogen-bond acceptors (Lipinski definition) is 4. The van der Waals surface area contributed by atoms with Crippen LogP contribution in [-0.2, 0) is 14.8 Å². The van der Waals surface area contributed by atoms with Crippen LogP contribution in [0.5, 0.6) is 0 Å². The van der Waals surface area contributed by atoms with E-state index in [4.69, 9.17) is 11.6 Å². The second-order valence-corrected chi connectivity index (χ2v) is 11.0. The van der Waals surface area contributed by atoms with Gasteiger partial charge in [0.1, 0.15) is 0 Å². The zero-order valence-corrected chi connectivity index (χ0v) is 17.3. The Balaban J connectivity index is 1.53. The predicted octanol–water partition coefficient (Wildman–Crippen LogP) is 3.24. The molecule has 26 heavy (non-hydrogen) atoms. The topological polar surface area (TPSA) is 57.7 Å². The van der Waals surface area contributed by atoms with Crippen LogP contribution in [0.3, 0.4) is 0 Å². The number of likely N-dealkylation sites (tertiary alicyclic amines) is 1. The molecule has 1 aromatic rings. The highest BCUT2D eigenvalue weighted by Crippen LogP contribution is 2.28. The molecule has 2 fully saturated rings. The van der Waals surface area contributed by atoms with Crippen molar-refractivity contribution < 1.29 is 13.2 Å². The van der Waals surface area contributed by atoms with E-state index < -0.39 is 10.0 Å². The van der Waals surface area contributed by atoms with Gasteiger partial charge in [-0.3, -0.25) is 4.79 Å². The first kappa shape index (κ1) is 20.0.